The maximum Gasteiger partial charge on any atom is 0.335 e. The molecule has 134 valence electrons. The lowest BCUT2D eigenvalue weighted by Crippen LogP contribution is -2.54. The predicted molar refractivity (Wildman–Crippen MR) is 99.7 cm³/mol. The Labute approximate surface area is 152 Å². The zero-order valence-corrected chi connectivity index (χ0v) is 15.3. The fourth-order valence-corrected chi connectivity index (χ4v) is 3.09. The molecule has 1 fully saturated rings. The zero-order chi connectivity index (χ0) is 19.0. The number of carbonyl (C=O) groups is 3. The van der Waals surface area contributed by atoms with Gasteiger partial charge in [-0.25, -0.2) is 9.69 Å². The van der Waals surface area contributed by atoms with Crippen LogP contribution in [-0.4, -0.2) is 22.4 Å². The molecule has 0 aliphatic carbocycles. The van der Waals surface area contributed by atoms with Crippen LogP contribution in [0, 0.1) is 13.8 Å². The fraction of sp³-hybridized carbons (Fsp3) is 0.250. The number of hydrogen-bond acceptors (Lipinski definition) is 3. The summed E-state index contributed by atoms with van der Waals surface area (Å²) in [4.78, 5) is 38.7. The van der Waals surface area contributed by atoms with E-state index in [-0.39, 0.29) is 5.57 Å². The molecule has 1 aromatic carbocycles. The fourth-order valence-electron chi connectivity index (χ4n) is 3.09. The number of carbonyl (C=O) groups excluding carboxylic acids is 3. The largest absolute Gasteiger partial charge is 0.352 e. The summed E-state index contributed by atoms with van der Waals surface area (Å²) < 4.78 is 1.98. The van der Waals surface area contributed by atoms with Crippen molar-refractivity contribution < 1.29 is 14.4 Å². The number of hydrogen-bond donors (Lipinski definition) is 1. The molecular formula is C20H21N3O3. The van der Waals surface area contributed by atoms with Crippen molar-refractivity contribution in [2.45, 2.75) is 27.2 Å². The second kappa shape index (κ2) is 6.63. The summed E-state index contributed by atoms with van der Waals surface area (Å²) in [6.45, 7) is 5.81. The first-order chi connectivity index (χ1) is 12.3. The van der Waals surface area contributed by atoms with Gasteiger partial charge < -0.3 is 4.57 Å². The highest BCUT2D eigenvalue weighted by Crippen LogP contribution is 2.26. The Hall–Kier alpha value is -3.15. The Balaban J connectivity index is 2.09. The molecule has 0 atom stereocenters. The van der Waals surface area contributed by atoms with Crippen molar-refractivity contribution in [1.82, 2.24) is 9.88 Å². The van der Waals surface area contributed by atoms with Crippen LogP contribution >= 0.6 is 0 Å². The van der Waals surface area contributed by atoms with Gasteiger partial charge in [-0.3, -0.25) is 14.9 Å². The summed E-state index contributed by atoms with van der Waals surface area (Å²) in [6, 6.07) is 8.37. The zero-order valence-electron chi connectivity index (χ0n) is 15.3. The first-order valence-electron chi connectivity index (χ1n) is 8.47. The van der Waals surface area contributed by atoms with Gasteiger partial charge in [-0.2, -0.15) is 0 Å². The molecular weight excluding hydrogens is 330 g/mol. The van der Waals surface area contributed by atoms with Crippen LogP contribution in [0.1, 0.15) is 29.4 Å². The number of nitrogens with one attached hydrogen (secondary N) is 1. The van der Waals surface area contributed by atoms with Gasteiger partial charge in [-0.15, -0.1) is 0 Å². The number of barbiturate groups is 1. The smallest absolute Gasteiger partial charge is 0.335 e. The minimum absolute atomic E-state index is 0.0517. The summed E-state index contributed by atoms with van der Waals surface area (Å²) in [5.74, 6) is -1.29. The Kier molecular flexibility index (Phi) is 4.50. The van der Waals surface area contributed by atoms with Gasteiger partial charge in [0.15, 0.2) is 0 Å². The van der Waals surface area contributed by atoms with Gasteiger partial charge in [0, 0.05) is 18.4 Å². The normalized spacial score (nSPS) is 16.4. The van der Waals surface area contributed by atoms with Crippen LogP contribution in [0.2, 0.25) is 0 Å². The van der Waals surface area contributed by atoms with Crippen LogP contribution < -0.4 is 10.2 Å². The van der Waals surface area contributed by atoms with Crippen molar-refractivity contribution in [3.05, 3.63) is 58.4 Å². The third-order valence-corrected chi connectivity index (χ3v) is 4.83. The minimum Gasteiger partial charge on any atom is -0.352 e. The third kappa shape index (κ3) is 2.83. The van der Waals surface area contributed by atoms with Crippen molar-refractivity contribution in [3.63, 3.8) is 0 Å². The molecule has 1 N–H and O–H groups in total. The molecule has 26 heavy (non-hydrogen) atoms. The van der Waals surface area contributed by atoms with E-state index in [1.54, 1.807) is 18.2 Å². The van der Waals surface area contributed by atoms with Crippen molar-refractivity contribution in [2.75, 3.05) is 4.90 Å². The van der Waals surface area contributed by atoms with Crippen LogP contribution in [0.15, 0.2) is 35.9 Å². The lowest BCUT2D eigenvalue weighted by molar-refractivity contribution is -0.122. The second-order valence-corrected chi connectivity index (χ2v) is 6.33. The van der Waals surface area contributed by atoms with Gasteiger partial charge >= 0.3 is 6.03 Å². The average molecular weight is 351 g/mol. The first-order valence-corrected chi connectivity index (χ1v) is 8.47. The Bertz CT molecular complexity index is 953. The van der Waals surface area contributed by atoms with E-state index in [0.717, 1.165) is 27.4 Å². The van der Waals surface area contributed by atoms with E-state index in [1.807, 2.05) is 50.6 Å². The second-order valence-electron chi connectivity index (χ2n) is 6.33. The van der Waals surface area contributed by atoms with Gasteiger partial charge in [-0.05, 0) is 49.6 Å². The topological polar surface area (TPSA) is 71.4 Å². The van der Waals surface area contributed by atoms with Gasteiger partial charge in [0.05, 0.1) is 5.69 Å². The Morgan fingerprint density at radius 1 is 1.12 bits per heavy atom. The quantitative estimate of drug-likeness (QED) is 0.683. The van der Waals surface area contributed by atoms with Crippen LogP contribution in [0.3, 0.4) is 0 Å². The number of urea groups is 1. The molecule has 2 aromatic rings. The van der Waals surface area contributed by atoms with E-state index >= 15 is 0 Å². The van der Waals surface area contributed by atoms with Gasteiger partial charge in [0.25, 0.3) is 11.8 Å². The number of benzene rings is 1. The summed E-state index contributed by atoms with van der Waals surface area (Å²) in [5.41, 5.74) is 4.04. The molecule has 6 nitrogen and oxygen atoms in total. The number of rotatable bonds is 3. The molecule has 0 spiro atoms. The van der Waals surface area contributed by atoms with Gasteiger partial charge in [0.1, 0.15) is 5.57 Å². The number of aryl methyl sites for hydroxylation is 2. The number of para-hydroxylation sites is 1. The van der Waals surface area contributed by atoms with E-state index in [2.05, 4.69) is 5.32 Å². The summed E-state index contributed by atoms with van der Waals surface area (Å²) >= 11 is 0. The molecule has 0 unspecified atom stereocenters. The monoisotopic (exact) mass is 351 g/mol. The van der Waals surface area contributed by atoms with Crippen LogP contribution in [-0.2, 0) is 23.1 Å². The molecule has 1 aliphatic heterocycles. The molecule has 0 radical (unpaired) electrons. The number of imide groups is 2. The average Bonchev–Trinajstić information content (AvgIpc) is 2.85. The number of anilines is 1. The first kappa shape index (κ1) is 17.7. The molecule has 0 bridgehead atoms. The number of aromatic nitrogens is 1. The van der Waals surface area contributed by atoms with Crippen molar-refractivity contribution in [1.29, 1.82) is 0 Å². The summed E-state index contributed by atoms with van der Waals surface area (Å²) in [6.07, 6.45) is 2.21. The predicted octanol–water partition coefficient (Wildman–Crippen LogP) is 2.87. The maximum atomic E-state index is 13.0. The van der Waals surface area contributed by atoms with Crippen LogP contribution in [0.5, 0.6) is 0 Å². The van der Waals surface area contributed by atoms with Crippen molar-refractivity contribution >= 4 is 29.6 Å². The highest BCUT2D eigenvalue weighted by atomic mass is 16.2. The highest BCUT2D eigenvalue weighted by Gasteiger charge is 2.37. The SMILES string of the molecule is CCc1ccccc1N1C(=O)NC(=O)/C(=C\c2cc(C)n(C)c2C)C1=O. The molecule has 0 saturated carbocycles. The molecule has 6 heteroatoms. The number of nitrogens with zero attached hydrogens (tertiary/aromatic N) is 2. The van der Waals surface area contributed by atoms with Crippen molar-refractivity contribution in [2.24, 2.45) is 7.05 Å². The molecule has 1 aromatic heterocycles. The maximum absolute atomic E-state index is 13.0. The Morgan fingerprint density at radius 3 is 2.42 bits per heavy atom. The van der Waals surface area contributed by atoms with Crippen molar-refractivity contribution in [3.8, 4) is 0 Å². The van der Waals surface area contributed by atoms with E-state index in [1.165, 1.54) is 0 Å². The van der Waals surface area contributed by atoms with E-state index in [9.17, 15) is 14.4 Å². The van der Waals surface area contributed by atoms with Gasteiger partial charge in [0.2, 0.25) is 0 Å². The lowest BCUT2D eigenvalue weighted by Gasteiger charge is -2.27. The minimum atomic E-state index is -0.723. The van der Waals surface area contributed by atoms with Crippen LogP contribution in [0.25, 0.3) is 6.08 Å². The highest BCUT2D eigenvalue weighted by molar-refractivity contribution is 6.39. The molecule has 3 rings (SSSR count). The van der Waals surface area contributed by atoms with Gasteiger partial charge in [-0.1, -0.05) is 25.1 Å². The number of amides is 4. The summed E-state index contributed by atoms with van der Waals surface area (Å²) in [5, 5.41) is 2.27. The Morgan fingerprint density at radius 2 is 1.81 bits per heavy atom. The molecule has 2 heterocycles. The van der Waals surface area contributed by atoms with Crippen LogP contribution in [0.4, 0.5) is 10.5 Å². The third-order valence-electron chi connectivity index (χ3n) is 4.83. The summed E-state index contributed by atoms with van der Waals surface area (Å²) in [7, 11) is 1.92. The lowest BCUT2D eigenvalue weighted by atomic mass is 10.0. The van der Waals surface area contributed by atoms with E-state index in [4.69, 9.17) is 0 Å². The molecule has 1 aliphatic rings. The van der Waals surface area contributed by atoms with E-state index in [0.29, 0.717) is 12.1 Å². The van der Waals surface area contributed by atoms with E-state index < -0.39 is 17.8 Å². The molecule has 4 amide bonds. The standard InChI is InChI=1S/C20H21N3O3/c1-5-14-8-6-7-9-17(14)23-19(25)16(18(24)21-20(23)26)11-15-10-12(2)22(4)13(15)3/h6-11H,5H2,1-4H3,(H,21,24,26)/b16-11+. The molecule has 1 saturated heterocycles.